The van der Waals surface area contributed by atoms with Crippen molar-refractivity contribution in [1.82, 2.24) is 14.3 Å². The number of carbonyl (C=O) groups is 1. The molecule has 146 valence electrons. The lowest BCUT2D eigenvalue weighted by Gasteiger charge is -2.24. The molecule has 7 nitrogen and oxygen atoms in total. The maximum absolute atomic E-state index is 12.6. The number of hydrogen-bond acceptors (Lipinski definition) is 4. The standard InChI is InChI=1S/C21H23N3O4/c1-14-10-16(11-15(2)18(14)28-21(3,4)19(25)26)12-23-13-22-24(20(23)27)17-8-6-5-7-9-17/h5-11,13H,12H2,1-4H3,(H,25,26). The van der Waals surface area contributed by atoms with Crippen LogP contribution in [0.2, 0.25) is 0 Å². The van der Waals surface area contributed by atoms with Crippen LogP contribution >= 0.6 is 0 Å². The summed E-state index contributed by atoms with van der Waals surface area (Å²) in [4.78, 5) is 24.0. The maximum atomic E-state index is 12.6. The molecule has 0 bridgehead atoms. The summed E-state index contributed by atoms with van der Waals surface area (Å²) in [5.74, 6) is -0.487. The van der Waals surface area contributed by atoms with Gasteiger partial charge in [0, 0.05) is 0 Å². The Morgan fingerprint density at radius 3 is 2.32 bits per heavy atom. The number of hydrogen-bond donors (Lipinski definition) is 1. The number of aromatic nitrogens is 3. The van der Waals surface area contributed by atoms with Crippen LogP contribution < -0.4 is 10.4 Å². The Balaban J connectivity index is 1.88. The van der Waals surface area contributed by atoms with Crippen molar-refractivity contribution in [3.63, 3.8) is 0 Å². The quantitative estimate of drug-likeness (QED) is 0.709. The lowest BCUT2D eigenvalue weighted by Crippen LogP contribution is -2.38. The minimum absolute atomic E-state index is 0.228. The van der Waals surface area contributed by atoms with Gasteiger partial charge in [0.05, 0.1) is 12.2 Å². The Morgan fingerprint density at radius 2 is 1.75 bits per heavy atom. The molecule has 1 heterocycles. The summed E-state index contributed by atoms with van der Waals surface area (Å²) in [6.45, 7) is 7.11. The van der Waals surface area contributed by atoms with Crippen LogP contribution in [0.5, 0.6) is 5.75 Å². The van der Waals surface area contributed by atoms with Crippen molar-refractivity contribution in [1.29, 1.82) is 0 Å². The summed E-state index contributed by atoms with van der Waals surface area (Å²) in [6.07, 6.45) is 1.51. The molecule has 2 aromatic carbocycles. The molecule has 0 saturated heterocycles. The zero-order valence-electron chi connectivity index (χ0n) is 16.3. The van der Waals surface area contributed by atoms with Gasteiger partial charge in [-0.3, -0.25) is 4.57 Å². The molecule has 1 N–H and O–H groups in total. The smallest absolute Gasteiger partial charge is 0.350 e. The Hall–Kier alpha value is -3.35. The fraction of sp³-hybridized carbons (Fsp3) is 0.286. The number of carboxylic acids is 1. The molecule has 0 saturated carbocycles. The van der Waals surface area contributed by atoms with Crippen molar-refractivity contribution in [2.75, 3.05) is 0 Å². The molecule has 0 aliphatic rings. The van der Waals surface area contributed by atoms with Gasteiger partial charge < -0.3 is 9.84 Å². The molecule has 3 aromatic rings. The molecule has 0 atom stereocenters. The molecular formula is C21H23N3O4. The molecular weight excluding hydrogens is 358 g/mol. The number of aliphatic carboxylic acids is 1. The van der Waals surface area contributed by atoms with Crippen molar-refractivity contribution in [3.8, 4) is 11.4 Å². The van der Waals surface area contributed by atoms with Gasteiger partial charge in [0.25, 0.3) is 0 Å². The number of aryl methyl sites for hydroxylation is 2. The average molecular weight is 381 g/mol. The second-order valence-electron chi connectivity index (χ2n) is 7.27. The third kappa shape index (κ3) is 3.83. The van der Waals surface area contributed by atoms with Crippen LogP contribution in [0.3, 0.4) is 0 Å². The molecule has 1 aromatic heterocycles. The topological polar surface area (TPSA) is 86.4 Å². The van der Waals surface area contributed by atoms with E-state index in [9.17, 15) is 14.7 Å². The van der Waals surface area contributed by atoms with Crippen LogP contribution in [0, 0.1) is 13.8 Å². The Bertz CT molecular complexity index is 1040. The van der Waals surface area contributed by atoms with Crippen LogP contribution in [-0.4, -0.2) is 31.0 Å². The van der Waals surface area contributed by atoms with Crippen LogP contribution in [-0.2, 0) is 11.3 Å². The molecule has 0 aliphatic heterocycles. The van der Waals surface area contributed by atoms with Gasteiger partial charge in [-0.2, -0.15) is 9.78 Å². The van der Waals surface area contributed by atoms with E-state index in [1.165, 1.54) is 29.4 Å². The minimum Gasteiger partial charge on any atom is -0.478 e. The first kappa shape index (κ1) is 19.4. The van der Waals surface area contributed by atoms with E-state index < -0.39 is 11.6 Å². The first-order chi connectivity index (χ1) is 13.2. The van der Waals surface area contributed by atoms with Gasteiger partial charge in [-0.25, -0.2) is 9.59 Å². The number of nitrogens with zero attached hydrogens (tertiary/aromatic N) is 3. The molecule has 28 heavy (non-hydrogen) atoms. The van der Waals surface area contributed by atoms with Crippen molar-refractivity contribution in [3.05, 3.63) is 76.0 Å². The molecule has 7 heteroatoms. The van der Waals surface area contributed by atoms with Gasteiger partial charge in [-0.05, 0) is 56.5 Å². The summed E-state index contributed by atoms with van der Waals surface area (Å²) in [6, 6.07) is 13.0. The fourth-order valence-electron chi connectivity index (χ4n) is 2.98. The minimum atomic E-state index is -1.33. The van der Waals surface area contributed by atoms with Gasteiger partial charge in [0.1, 0.15) is 12.1 Å². The van der Waals surface area contributed by atoms with E-state index in [0.29, 0.717) is 18.0 Å². The van der Waals surface area contributed by atoms with E-state index in [-0.39, 0.29) is 5.69 Å². The van der Waals surface area contributed by atoms with Crippen LogP contribution in [0.15, 0.2) is 53.6 Å². The SMILES string of the molecule is Cc1cc(Cn2cnn(-c3ccccc3)c2=O)cc(C)c1OC(C)(C)C(=O)O. The molecule has 0 radical (unpaired) electrons. The Labute approximate surface area is 162 Å². The highest BCUT2D eigenvalue weighted by molar-refractivity contribution is 5.77. The van der Waals surface area contributed by atoms with Crippen LogP contribution in [0.25, 0.3) is 5.69 Å². The third-order valence-corrected chi connectivity index (χ3v) is 4.48. The predicted octanol–water partition coefficient (Wildman–Crippen LogP) is 2.94. The molecule has 0 unspecified atom stereocenters. The predicted molar refractivity (Wildman–Crippen MR) is 105 cm³/mol. The van der Waals surface area contributed by atoms with Gasteiger partial charge in [-0.15, -0.1) is 0 Å². The lowest BCUT2D eigenvalue weighted by atomic mass is 10.0. The van der Waals surface area contributed by atoms with E-state index in [0.717, 1.165) is 16.7 Å². The van der Waals surface area contributed by atoms with Gasteiger partial charge >= 0.3 is 11.7 Å². The Morgan fingerprint density at radius 1 is 1.14 bits per heavy atom. The summed E-state index contributed by atoms with van der Waals surface area (Å²) >= 11 is 0. The van der Waals surface area contributed by atoms with Crippen molar-refractivity contribution in [2.45, 2.75) is 39.8 Å². The van der Waals surface area contributed by atoms with E-state index in [4.69, 9.17) is 4.74 Å². The number of para-hydroxylation sites is 1. The van der Waals surface area contributed by atoms with E-state index in [1.54, 1.807) is 0 Å². The number of rotatable bonds is 6. The highest BCUT2D eigenvalue weighted by Crippen LogP contribution is 2.29. The van der Waals surface area contributed by atoms with Crippen LogP contribution in [0.1, 0.15) is 30.5 Å². The number of carboxylic acid groups (broad SMARTS) is 1. The normalized spacial score (nSPS) is 11.4. The van der Waals surface area contributed by atoms with Gasteiger partial charge in [0.15, 0.2) is 5.60 Å². The van der Waals surface area contributed by atoms with Crippen molar-refractivity contribution in [2.24, 2.45) is 0 Å². The summed E-state index contributed by atoms with van der Waals surface area (Å²) < 4.78 is 8.62. The van der Waals surface area contributed by atoms with Gasteiger partial charge in [-0.1, -0.05) is 30.3 Å². The Kier molecular flexibility index (Phi) is 5.09. The molecule has 0 fully saturated rings. The molecule has 3 rings (SSSR count). The van der Waals surface area contributed by atoms with E-state index in [2.05, 4.69) is 5.10 Å². The highest BCUT2D eigenvalue weighted by Gasteiger charge is 2.30. The van der Waals surface area contributed by atoms with Crippen molar-refractivity contribution < 1.29 is 14.6 Å². The second kappa shape index (κ2) is 7.34. The third-order valence-electron chi connectivity index (χ3n) is 4.48. The van der Waals surface area contributed by atoms with E-state index in [1.807, 2.05) is 56.3 Å². The lowest BCUT2D eigenvalue weighted by molar-refractivity contribution is -0.152. The van der Waals surface area contributed by atoms with Crippen LogP contribution in [0.4, 0.5) is 0 Å². The van der Waals surface area contributed by atoms with Crippen molar-refractivity contribution >= 4 is 5.97 Å². The first-order valence-electron chi connectivity index (χ1n) is 8.91. The zero-order valence-corrected chi connectivity index (χ0v) is 16.3. The zero-order chi connectivity index (χ0) is 20.5. The molecule has 0 aliphatic carbocycles. The summed E-state index contributed by atoms with van der Waals surface area (Å²) in [5, 5.41) is 13.5. The fourth-order valence-corrected chi connectivity index (χ4v) is 2.98. The number of ether oxygens (including phenoxy) is 1. The molecule has 0 amide bonds. The number of benzene rings is 2. The van der Waals surface area contributed by atoms with Gasteiger partial charge in [0.2, 0.25) is 0 Å². The second-order valence-corrected chi connectivity index (χ2v) is 7.27. The largest absolute Gasteiger partial charge is 0.478 e. The average Bonchev–Trinajstić information content (AvgIpc) is 2.99. The summed E-state index contributed by atoms with van der Waals surface area (Å²) in [5.41, 5.74) is 1.68. The highest BCUT2D eigenvalue weighted by atomic mass is 16.5. The molecule has 0 spiro atoms. The van der Waals surface area contributed by atoms with E-state index >= 15 is 0 Å². The first-order valence-corrected chi connectivity index (χ1v) is 8.91. The maximum Gasteiger partial charge on any atom is 0.350 e. The monoisotopic (exact) mass is 381 g/mol. The summed E-state index contributed by atoms with van der Waals surface area (Å²) in [7, 11) is 0.